The average molecular weight is 415 g/mol. The van der Waals surface area contributed by atoms with Crippen LogP contribution < -0.4 is 16.0 Å². The first-order valence-electron chi connectivity index (χ1n) is 8.77. The van der Waals surface area contributed by atoms with E-state index >= 15 is 0 Å². The normalized spacial score (nSPS) is 17.8. The van der Waals surface area contributed by atoms with Crippen LogP contribution in [0.15, 0.2) is 4.99 Å². The van der Waals surface area contributed by atoms with Gasteiger partial charge in [0.05, 0.1) is 0 Å². The lowest BCUT2D eigenvalue weighted by Gasteiger charge is -2.31. The van der Waals surface area contributed by atoms with Gasteiger partial charge in [0.2, 0.25) is 5.91 Å². The van der Waals surface area contributed by atoms with Gasteiger partial charge in [-0.05, 0) is 32.6 Å². The van der Waals surface area contributed by atoms with Crippen molar-refractivity contribution < 1.29 is 26.4 Å². The Morgan fingerprint density at radius 2 is 1.81 bits per heavy atom. The van der Waals surface area contributed by atoms with Crippen molar-refractivity contribution >= 4 is 21.9 Å². The van der Waals surface area contributed by atoms with Gasteiger partial charge >= 0.3 is 15.5 Å². The molecule has 0 bridgehead atoms. The molecule has 0 aromatic rings. The highest BCUT2D eigenvalue weighted by Crippen LogP contribution is 2.30. The Hall–Kier alpha value is -1.56. The molecule has 12 heteroatoms. The van der Waals surface area contributed by atoms with Crippen molar-refractivity contribution in [3.05, 3.63) is 0 Å². The highest BCUT2D eigenvalue weighted by atomic mass is 32.2. The van der Waals surface area contributed by atoms with E-state index in [0.717, 1.165) is 0 Å². The van der Waals surface area contributed by atoms with Gasteiger partial charge in [0.15, 0.2) is 5.96 Å². The number of hydrogen-bond donors (Lipinski definition) is 3. The summed E-state index contributed by atoms with van der Waals surface area (Å²) >= 11 is 0. The predicted octanol–water partition coefficient (Wildman–Crippen LogP) is 0.628. The van der Waals surface area contributed by atoms with Gasteiger partial charge in [-0.2, -0.15) is 17.5 Å². The molecule has 158 valence electrons. The van der Waals surface area contributed by atoms with Crippen molar-refractivity contribution in [3.63, 3.8) is 0 Å². The number of rotatable bonds is 7. The molecule has 0 aromatic carbocycles. The van der Waals surface area contributed by atoms with Gasteiger partial charge < -0.3 is 16.0 Å². The SMILES string of the molecule is CN=C(NCCC(=O)NC(C)C)NCC1CCN(S(=O)(=O)C(F)(F)F)CC1. The fourth-order valence-electron chi connectivity index (χ4n) is 2.65. The van der Waals surface area contributed by atoms with Crippen molar-refractivity contribution in [3.8, 4) is 0 Å². The number of carbonyl (C=O) groups is 1. The number of aliphatic imine (C=N–C) groups is 1. The minimum Gasteiger partial charge on any atom is -0.356 e. The average Bonchev–Trinajstić information content (AvgIpc) is 2.56. The summed E-state index contributed by atoms with van der Waals surface area (Å²) in [7, 11) is -3.68. The molecule has 1 amide bonds. The molecule has 0 unspecified atom stereocenters. The van der Waals surface area contributed by atoms with Crippen molar-refractivity contribution in [2.75, 3.05) is 33.2 Å². The third kappa shape index (κ3) is 7.53. The Bertz CT molecular complexity index is 615. The summed E-state index contributed by atoms with van der Waals surface area (Å²) in [5.41, 5.74) is -5.26. The molecule has 0 atom stereocenters. The van der Waals surface area contributed by atoms with Crippen LogP contribution in [-0.4, -0.2) is 69.4 Å². The van der Waals surface area contributed by atoms with E-state index in [9.17, 15) is 26.4 Å². The Balaban J connectivity index is 2.35. The van der Waals surface area contributed by atoms with E-state index in [1.54, 1.807) is 7.05 Å². The van der Waals surface area contributed by atoms with E-state index in [0.29, 0.717) is 36.2 Å². The quantitative estimate of drug-likeness (QED) is 0.418. The van der Waals surface area contributed by atoms with Gasteiger partial charge in [-0.25, -0.2) is 8.42 Å². The lowest BCUT2D eigenvalue weighted by atomic mass is 9.98. The molecule has 1 aliphatic rings. The molecule has 8 nitrogen and oxygen atoms in total. The fraction of sp³-hybridized carbons (Fsp3) is 0.867. The van der Waals surface area contributed by atoms with Crippen LogP contribution in [-0.2, 0) is 14.8 Å². The standard InChI is InChI=1S/C15H28F3N5O3S/c1-11(2)22-13(24)4-7-20-14(19-3)21-10-12-5-8-23(9-6-12)27(25,26)15(16,17)18/h11-12H,4-10H2,1-3H3,(H,22,24)(H2,19,20,21). The molecule has 3 N–H and O–H groups in total. The summed E-state index contributed by atoms with van der Waals surface area (Å²) in [6, 6.07) is 0.0713. The highest BCUT2D eigenvalue weighted by molar-refractivity contribution is 7.90. The fourth-order valence-corrected chi connectivity index (χ4v) is 3.63. The van der Waals surface area contributed by atoms with Crippen molar-refractivity contribution in [1.29, 1.82) is 0 Å². The van der Waals surface area contributed by atoms with Crippen LogP contribution in [0, 0.1) is 5.92 Å². The molecule has 1 saturated heterocycles. The molecular formula is C15H28F3N5O3S. The summed E-state index contributed by atoms with van der Waals surface area (Å²) < 4.78 is 61.0. The van der Waals surface area contributed by atoms with Crippen LogP contribution in [0.4, 0.5) is 13.2 Å². The van der Waals surface area contributed by atoms with Crippen molar-refractivity contribution in [1.82, 2.24) is 20.3 Å². The van der Waals surface area contributed by atoms with Crippen molar-refractivity contribution in [2.45, 2.75) is 44.7 Å². The lowest BCUT2D eigenvalue weighted by Crippen LogP contribution is -2.47. The minimum absolute atomic E-state index is 0.0347. The number of sulfonamides is 1. The summed E-state index contributed by atoms with van der Waals surface area (Å²) in [5, 5.41) is 8.82. The van der Waals surface area contributed by atoms with Gasteiger partial charge in [-0.1, -0.05) is 0 Å². The Labute approximate surface area is 158 Å². The largest absolute Gasteiger partial charge is 0.511 e. The maximum Gasteiger partial charge on any atom is 0.511 e. The van der Waals surface area contributed by atoms with E-state index < -0.39 is 15.5 Å². The highest BCUT2D eigenvalue weighted by Gasteiger charge is 2.50. The third-order valence-electron chi connectivity index (χ3n) is 4.08. The van der Waals surface area contributed by atoms with Crippen molar-refractivity contribution in [2.24, 2.45) is 10.9 Å². The van der Waals surface area contributed by atoms with E-state index in [-0.39, 0.29) is 37.4 Å². The van der Waals surface area contributed by atoms with Crippen LogP contribution in [0.25, 0.3) is 0 Å². The Morgan fingerprint density at radius 3 is 2.30 bits per heavy atom. The number of alkyl halides is 3. The second-order valence-corrected chi connectivity index (χ2v) is 8.57. The first-order chi connectivity index (χ1) is 12.5. The molecule has 0 saturated carbocycles. The number of halogens is 3. The number of carbonyl (C=O) groups excluding carboxylic acids is 1. The number of piperidine rings is 1. The van der Waals surface area contributed by atoms with Gasteiger partial charge in [0, 0.05) is 45.7 Å². The van der Waals surface area contributed by atoms with Gasteiger partial charge in [-0.3, -0.25) is 9.79 Å². The second-order valence-electron chi connectivity index (χ2n) is 6.65. The number of hydrogen-bond acceptors (Lipinski definition) is 4. The molecule has 1 rings (SSSR count). The topological polar surface area (TPSA) is 103 Å². The maximum absolute atomic E-state index is 12.6. The number of nitrogens with one attached hydrogen (secondary N) is 3. The molecule has 27 heavy (non-hydrogen) atoms. The summed E-state index contributed by atoms with van der Waals surface area (Å²) in [6.45, 7) is 4.28. The monoisotopic (exact) mass is 415 g/mol. The van der Waals surface area contributed by atoms with Crippen LogP contribution in [0.1, 0.15) is 33.1 Å². The van der Waals surface area contributed by atoms with E-state index in [1.165, 1.54) is 0 Å². The molecule has 0 aliphatic carbocycles. The Kier molecular flexibility index (Phi) is 8.79. The zero-order valence-electron chi connectivity index (χ0n) is 15.8. The first-order valence-corrected chi connectivity index (χ1v) is 10.2. The number of nitrogens with zero attached hydrogens (tertiary/aromatic N) is 2. The summed E-state index contributed by atoms with van der Waals surface area (Å²) in [4.78, 5) is 15.6. The molecule has 1 aliphatic heterocycles. The van der Waals surface area contributed by atoms with E-state index in [1.807, 2.05) is 13.8 Å². The lowest BCUT2D eigenvalue weighted by molar-refractivity contribution is -0.121. The van der Waals surface area contributed by atoms with Gasteiger partial charge in [0.25, 0.3) is 0 Å². The molecule has 1 heterocycles. The summed E-state index contributed by atoms with van der Waals surface area (Å²) in [6.07, 6.45) is 0.943. The predicted molar refractivity (Wildman–Crippen MR) is 96.5 cm³/mol. The van der Waals surface area contributed by atoms with Gasteiger partial charge in [0.1, 0.15) is 0 Å². The van der Waals surface area contributed by atoms with Crippen LogP contribution in [0.3, 0.4) is 0 Å². The summed E-state index contributed by atoms with van der Waals surface area (Å²) in [5.74, 6) is 0.441. The molecule has 0 spiro atoms. The smallest absolute Gasteiger partial charge is 0.356 e. The van der Waals surface area contributed by atoms with E-state index in [2.05, 4.69) is 20.9 Å². The minimum atomic E-state index is -5.26. The first kappa shape index (κ1) is 23.5. The van der Waals surface area contributed by atoms with Crippen LogP contribution in [0.2, 0.25) is 0 Å². The molecular weight excluding hydrogens is 387 g/mol. The molecule has 0 radical (unpaired) electrons. The van der Waals surface area contributed by atoms with Crippen LogP contribution in [0.5, 0.6) is 0 Å². The zero-order chi connectivity index (χ0) is 20.7. The van der Waals surface area contributed by atoms with E-state index in [4.69, 9.17) is 0 Å². The molecule has 1 fully saturated rings. The maximum atomic E-state index is 12.6. The second kappa shape index (κ2) is 10.1. The zero-order valence-corrected chi connectivity index (χ0v) is 16.6. The van der Waals surface area contributed by atoms with Crippen LogP contribution >= 0.6 is 0 Å². The Morgan fingerprint density at radius 1 is 1.22 bits per heavy atom. The number of guanidine groups is 1. The molecule has 0 aromatic heterocycles. The third-order valence-corrected chi connectivity index (χ3v) is 5.71. The van der Waals surface area contributed by atoms with Gasteiger partial charge in [-0.15, -0.1) is 0 Å². The number of amides is 1.